The third-order valence-electron chi connectivity index (χ3n) is 2.84. The number of nitriles is 1. The van der Waals surface area contributed by atoms with Gasteiger partial charge >= 0.3 is 0 Å². The SMILES string of the molecule is N#Cc1cccc(CNc2nc(N)nc3[nH]ncc23)c1. The van der Waals surface area contributed by atoms with Crippen LogP contribution in [0.3, 0.4) is 0 Å². The molecule has 0 radical (unpaired) electrons. The fourth-order valence-corrected chi connectivity index (χ4v) is 1.92. The second kappa shape index (κ2) is 4.85. The third-order valence-corrected chi connectivity index (χ3v) is 2.84. The molecule has 98 valence electrons. The molecule has 0 fully saturated rings. The van der Waals surface area contributed by atoms with Gasteiger partial charge in [0.05, 0.1) is 23.2 Å². The summed E-state index contributed by atoms with van der Waals surface area (Å²) in [4.78, 5) is 8.21. The van der Waals surface area contributed by atoms with E-state index in [4.69, 9.17) is 11.0 Å². The molecule has 0 spiro atoms. The van der Waals surface area contributed by atoms with Crippen molar-refractivity contribution >= 4 is 22.8 Å². The number of aromatic nitrogens is 4. The van der Waals surface area contributed by atoms with Gasteiger partial charge in [0.1, 0.15) is 5.82 Å². The van der Waals surface area contributed by atoms with Gasteiger partial charge in [-0.2, -0.15) is 20.3 Å². The minimum absolute atomic E-state index is 0.176. The quantitative estimate of drug-likeness (QED) is 0.659. The number of benzene rings is 1. The van der Waals surface area contributed by atoms with Crippen molar-refractivity contribution in [2.24, 2.45) is 0 Å². The summed E-state index contributed by atoms with van der Waals surface area (Å²) in [7, 11) is 0. The Bertz CT molecular complexity index is 800. The number of hydrogen-bond acceptors (Lipinski definition) is 6. The van der Waals surface area contributed by atoms with Crippen molar-refractivity contribution in [3.63, 3.8) is 0 Å². The molecule has 0 saturated heterocycles. The summed E-state index contributed by atoms with van der Waals surface area (Å²) in [6.45, 7) is 0.534. The topological polar surface area (TPSA) is 116 Å². The molecule has 0 saturated carbocycles. The Morgan fingerprint density at radius 1 is 1.35 bits per heavy atom. The smallest absolute Gasteiger partial charge is 0.224 e. The van der Waals surface area contributed by atoms with Crippen molar-refractivity contribution < 1.29 is 0 Å². The van der Waals surface area contributed by atoms with Crippen LogP contribution in [0.4, 0.5) is 11.8 Å². The Balaban J connectivity index is 1.86. The molecule has 4 N–H and O–H groups in total. The van der Waals surface area contributed by atoms with Gasteiger partial charge in [-0.05, 0) is 17.7 Å². The minimum atomic E-state index is 0.176. The Morgan fingerprint density at radius 2 is 2.25 bits per heavy atom. The van der Waals surface area contributed by atoms with Crippen LogP contribution < -0.4 is 11.1 Å². The molecule has 0 aliphatic carbocycles. The highest BCUT2D eigenvalue weighted by Crippen LogP contribution is 2.19. The molecule has 3 rings (SSSR count). The van der Waals surface area contributed by atoms with E-state index in [2.05, 4.69) is 31.6 Å². The van der Waals surface area contributed by atoms with Crippen molar-refractivity contribution in [3.05, 3.63) is 41.6 Å². The fraction of sp³-hybridized carbons (Fsp3) is 0.0769. The average Bonchev–Trinajstić information content (AvgIpc) is 2.93. The number of nitrogen functional groups attached to an aromatic ring is 1. The Hall–Kier alpha value is -3.14. The number of hydrogen-bond donors (Lipinski definition) is 3. The van der Waals surface area contributed by atoms with Crippen LogP contribution in [0.2, 0.25) is 0 Å². The maximum absolute atomic E-state index is 8.88. The zero-order chi connectivity index (χ0) is 13.9. The van der Waals surface area contributed by atoms with Crippen molar-refractivity contribution in [3.8, 4) is 6.07 Å². The van der Waals surface area contributed by atoms with E-state index in [0.29, 0.717) is 23.6 Å². The Morgan fingerprint density at radius 3 is 3.10 bits per heavy atom. The third kappa shape index (κ3) is 2.22. The molecular weight excluding hydrogens is 254 g/mol. The molecule has 0 amide bonds. The van der Waals surface area contributed by atoms with Gasteiger partial charge in [-0.15, -0.1) is 0 Å². The fourth-order valence-electron chi connectivity index (χ4n) is 1.92. The molecule has 7 nitrogen and oxygen atoms in total. The Labute approximate surface area is 114 Å². The summed E-state index contributed by atoms with van der Waals surface area (Å²) in [6.07, 6.45) is 1.64. The van der Waals surface area contributed by atoms with Gasteiger partial charge in [-0.3, -0.25) is 5.10 Å². The van der Waals surface area contributed by atoms with Crippen LogP contribution >= 0.6 is 0 Å². The molecule has 7 heteroatoms. The highest BCUT2D eigenvalue weighted by molar-refractivity contribution is 5.86. The first-order valence-electron chi connectivity index (χ1n) is 5.96. The minimum Gasteiger partial charge on any atom is -0.368 e. The molecule has 0 unspecified atom stereocenters. The molecule has 0 atom stereocenters. The number of fused-ring (bicyclic) bond motifs is 1. The van der Waals surface area contributed by atoms with Crippen LogP contribution in [0, 0.1) is 11.3 Å². The van der Waals surface area contributed by atoms with E-state index in [1.54, 1.807) is 12.3 Å². The molecule has 2 heterocycles. The lowest BCUT2D eigenvalue weighted by molar-refractivity contribution is 1.08. The monoisotopic (exact) mass is 265 g/mol. The highest BCUT2D eigenvalue weighted by Gasteiger charge is 2.07. The van der Waals surface area contributed by atoms with Gasteiger partial charge in [0.2, 0.25) is 5.95 Å². The maximum atomic E-state index is 8.88. The summed E-state index contributed by atoms with van der Waals surface area (Å²) in [5.41, 5.74) is 7.84. The predicted octanol–water partition coefficient (Wildman–Crippen LogP) is 1.42. The van der Waals surface area contributed by atoms with Crippen molar-refractivity contribution in [2.45, 2.75) is 6.54 Å². The molecule has 3 aromatic rings. The Kier molecular flexibility index (Phi) is 2.89. The summed E-state index contributed by atoms with van der Waals surface area (Å²) in [5.74, 6) is 0.790. The molecule has 1 aromatic carbocycles. The number of anilines is 2. The summed E-state index contributed by atoms with van der Waals surface area (Å²) in [5, 5.41) is 19.5. The van der Waals surface area contributed by atoms with Crippen LogP contribution in [0.25, 0.3) is 11.0 Å². The zero-order valence-electron chi connectivity index (χ0n) is 10.5. The van der Waals surface area contributed by atoms with Gasteiger partial charge < -0.3 is 11.1 Å². The lowest BCUT2D eigenvalue weighted by Crippen LogP contribution is -2.05. The lowest BCUT2D eigenvalue weighted by atomic mass is 10.1. The van der Waals surface area contributed by atoms with Crippen LogP contribution in [-0.2, 0) is 6.54 Å². The van der Waals surface area contributed by atoms with Crippen LogP contribution in [-0.4, -0.2) is 20.2 Å². The highest BCUT2D eigenvalue weighted by atomic mass is 15.2. The molecule has 0 aliphatic heterocycles. The first-order valence-corrected chi connectivity index (χ1v) is 5.96. The number of nitrogens with one attached hydrogen (secondary N) is 2. The van der Waals surface area contributed by atoms with Crippen LogP contribution in [0.1, 0.15) is 11.1 Å². The van der Waals surface area contributed by atoms with E-state index in [9.17, 15) is 0 Å². The number of nitrogens with zero attached hydrogens (tertiary/aromatic N) is 4. The molecule has 0 aliphatic rings. The summed E-state index contributed by atoms with van der Waals surface area (Å²) >= 11 is 0. The summed E-state index contributed by atoms with van der Waals surface area (Å²) in [6, 6.07) is 9.48. The molecule has 0 bridgehead atoms. The van der Waals surface area contributed by atoms with Gasteiger partial charge in [-0.1, -0.05) is 12.1 Å². The second-order valence-electron chi connectivity index (χ2n) is 4.23. The van der Waals surface area contributed by atoms with Gasteiger partial charge in [-0.25, -0.2) is 0 Å². The van der Waals surface area contributed by atoms with E-state index in [1.807, 2.05) is 18.2 Å². The number of rotatable bonds is 3. The number of nitrogens with two attached hydrogens (primary N) is 1. The predicted molar refractivity (Wildman–Crippen MR) is 74.6 cm³/mol. The van der Waals surface area contributed by atoms with Gasteiger partial charge in [0, 0.05) is 6.54 Å². The number of H-pyrrole nitrogens is 1. The molecule has 2 aromatic heterocycles. The second-order valence-corrected chi connectivity index (χ2v) is 4.23. The van der Waals surface area contributed by atoms with Gasteiger partial charge in [0.15, 0.2) is 5.65 Å². The van der Waals surface area contributed by atoms with Crippen molar-refractivity contribution in [1.29, 1.82) is 5.26 Å². The van der Waals surface area contributed by atoms with E-state index < -0.39 is 0 Å². The van der Waals surface area contributed by atoms with E-state index in [1.165, 1.54) is 0 Å². The van der Waals surface area contributed by atoms with E-state index >= 15 is 0 Å². The van der Waals surface area contributed by atoms with Crippen LogP contribution in [0.5, 0.6) is 0 Å². The van der Waals surface area contributed by atoms with Gasteiger partial charge in [0.25, 0.3) is 0 Å². The van der Waals surface area contributed by atoms with Crippen molar-refractivity contribution in [1.82, 2.24) is 20.2 Å². The van der Waals surface area contributed by atoms with E-state index in [0.717, 1.165) is 10.9 Å². The average molecular weight is 265 g/mol. The first-order chi connectivity index (χ1) is 9.76. The lowest BCUT2D eigenvalue weighted by Gasteiger charge is -2.07. The molecular formula is C13H11N7. The summed E-state index contributed by atoms with van der Waals surface area (Å²) < 4.78 is 0. The maximum Gasteiger partial charge on any atom is 0.224 e. The number of aromatic amines is 1. The largest absolute Gasteiger partial charge is 0.368 e. The van der Waals surface area contributed by atoms with Crippen LogP contribution in [0.15, 0.2) is 30.5 Å². The van der Waals surface area contributed by atoms with E-state index in [-0.39, 0.29) is 5.95 Å². The van der Waals surface area contributed by atoms with Crippen molar-refractivity contribution in [2.75, 3.05) is 11.1 Å². The zero-order valence-corrected chi connectivity index (χ0v) is 10.5. The normalized spacial score (nSPS) is 10.3. The standard InChI is InChI=1S/C13H11N7/c14-5-8-2-1-3-9(4-8)6-16-11-10-7-17-20-12(10)19-13(15)18-11/h1-4,7H,6H2,(H4,15,16,17,18,19,20). The first kappa shape index (κ1) is 11.9. The molecule has 20 heavy (non-hydrogen) atoms.